The monoisotopic (exact) mass is 477 g/mol. The molecule has 0 bridgehead atoms. The van der Waals surface area contributed by atoms with Crippen molar-refractivity contribution in [1.82, 2.24) is 4.90 Å². The van der Waals surface area contributed by atoms with Gasteiger partial charge in [0.25, 0.3) is 11.7 Å². The first-order valence-electron chi connectivity index (χ1n) is 9.55. The van der Waals surface area contributed by atoms with Gasteiger partial charge in [-0.1, -0.05) is 34.1 Å². The number of amides is 1. The third-order valence-corrected chi connectivity index (χ3v) is 6.83. The molecule has 2 saturated heterocycles. The lowest BCUT2D eigenvalue weighted by Gasteiger charge is -2.28. The second kappa shape index (κ2) is 8.79. The Balaban J connectivity index is 1.68. The molecule has 8 heteroatoms. The Hall–Kier alpha value is -2.00. The van der Waals surface area contributed by atoms with Crippen LogP contribution in [0.2, 0.25) is 0 Å². The van der Waals surface area contributed by atoms with Gasteiger partial charge in [0.2, 0.25) is 0 Å². The van der Waals surface area contributed by atoms with Crippen LogP contribution in [-0.4, -0.2) is 61.1 Å². The largest absolute Gasteiger partial charge is 0.507 e. The molecule has 0 saturated carbocycles. The van der Waals surface area contributed by atoms with Crippen LogP contribution in [0.4, 0.5) is 0 Å². The molecule has 6 nitrogen and oxygen atoms in total. The Bertz CT molecular complexity index is 921. The number of morpholine rings is 1. The average Bonchev–Trinajstić information content (AvgIpc) is 3.35. The van der Waals surface area contributed by atoms with Crippen LogP contribution in [-0.2, 0) is 14.3 Å². The number of hydrogen-bond acceptors (Lipinski definition) is 5. The van der Waals surface area contributed by atoms with Crippen LogP contribution in [0.1, 0.15) is 16.5 Å². The van der Waals surface area contributed by atoms with Crippen LogP contribution < -0.4 is 4.90 Å². The molecule has 0 radical (unpaired) electrons. The highest BCUT2D eigenvalue weighted by Gasteiger charge is 2.46. The molecule has 2 fully saturated rings. The van der Waals surface area contributed by atoms with Crippen LogP contribution in [0, 0.1) is 0 Å². The fraction of sp³-hybridized carbons (Fsp3) is 0.333. The van der Waals surface area contributed by atoms with Crippen molar-refractivity contribution < 1.29 is 24.3 Å². The Morgan fingerprint density at radius 3 is 2.59 bits per heavy atom. The third-order valence-electron chi connectivity index (χ3n) is 5.38. The van der Waals surface area contributed by atoms with Crippen LogP contribution in [0.3, 0.4) is 0 Å². The summed E-state index contributed by atoms with van der Waals surface area (Å²) in [5.74, 6) is -1.30. The molecule has 2 aromatic rings. The number of aliphatic hydroxyl groups is 1. The second-order valence-corrected chi connectivity index (χ2v) is 9.02. The smallest absolute Gasteiger partial charge is 0.295 e. The number of quaternary nitrogens is 1. The molecule has 0 unspecified atom stereocenters. The quantitative estimate of drug-likeness (QED) is 0.391. The Morgan fingerprint density at radius 2 is 1.93 bits per heavy atom. The number of halogens is 1. The zero-order valence-corrected chi connectivity index (χ0v) is 18.2. The van der Waals surface area contributed by atoms with Gasteiger partial charge < -0.3 is 19.6 Å². The first-order chi connectivity index (χ1) is 14.1. The number of nitrogens with zero attached hydrogens (tertiary/aromatic N) is 1. The van der Waals surface area contributed by atoms with E-state index >= 15 is 0 Å². The number of rotatable bonds is 5. The molecule has 29 heavy (non-hydrogen) atoms. The number of hydrogen-bond donors (Lipinski definition) is 2. The molecule has 0 aliphatic carbocycles. The van der Waals surface area contributed by atoms with E-state index in [2.05, 4.69) is 15.9 Å². The van der Waals surface area contributed by atoms with Crippen molar-refractivity contribution in [2.24, 2.45) is 0 Å². The molecule has 2 aliphatic rings. The summed E-state index contributed by atoms with van der Waals surface area (Å²) in [5, 5.41) is 12.9. The van der Waals surface area contributed by atoms with E-state index in [0.717, 1.165) is 29.0 Å². The summed E-state index contributed by atoms with van der Waals surface area (Å²) < 4.78 is 6.27. The summed E-state index contributed by atoms with van der Waals surface area (Å²) in [6.07, 6.45) is 0. The molecule has 152 valence electrons. The van der Waals surface area contributed by atoms with E-state index in [1.165, 1.54) is 16.2 Å². The standard InChI is InChI=1S/C21H21BrN2O4S/c22-15-5-3-14(4-6-15)19(25)17-18(16-2-1-13-29-16)24(21(27)20(17)26)8-7-23-9-11-28-12-10-23/h1-6,13,18,25H,7-12H2/p+1/t18-/m0/s1. The number of nitrogens with one attached hydrogen (secondary N) is 1. The van der Waals surface area contributed by atoms with Gasteiger partial charge in [-0.05, 0) is 23.6 Å². The van der Waals surface area contributed by atoms with Gasteiger partial charge in [0.05, 0.1) is 37.9 Å². The number of carbonyl (C=O) groups is 2. The molecular weight excluding hydrogens is 456 g/mol. The summed E-state index contributed by atoms with van der Waals surface area (Å²) in [5.41, 5.74) is 0.684. The predicted molar refractivity (Wildman–Crippen MR) is 114 cm³/mol. The second-order valence-electron chi connectivity index (χ2n) is 7.13. The van der Waals surface area contributed by atoms with Gasteiger partial charge in [-0.25, -0.2) is 0 Å². The third kappa shape index (κ3) is 4.16. The van der Waals surface area contributed by atoms with E-state index in [1.807, 2.05) is 17.5 Å². The van der Waals surface area contributed by atoms with Crippen molar-refractivity contribution in [3.05, 3.63) is 62.3 Å². The maximum atomic E-state index is 12.9. The predicted octanol–water partition coefficient (Wildman–Crippen LogP) is 1.85. The molecule has 1 amide bonds. The first kappa shape index (κ1) is 20.3. The van der Waals surface area contributed by atoms with E-state index in [9.17, 15) is 14.7 Å². The van der Waals surface area contributed by atoms with E-state index in [-0.39, 0.29) is 11.3 Å². The molecule has 1 atom stereocenters. The van der Waals surface area contributed by atoms with Crippen LogP contribution in [0.25, 0.3) is 5.76 Å². The molecule has 1 aromatic carbocycles. The van der Waals surface area contributed by atoms with Crippen molar-refractivity contribution in [1.29, 1.82) is 0 Å². The van der Waals surface area contributed by atoms with Crippen LogP contribution >= 0.6 is 27.3 Å². The van der Waals surface area contributed by atoms with E-state index in [0.29, 0.717) is 25.3 Å². The summed E-state index contributed by atoms with van der Waals surface area (Å²) in [4.78, 5) is 29.6. The summed E-state index contributed by atoms with van der Waals surface area (Å²) in [6, 6.07) is 10.3. The van der Waals surface area contributed by atoms with Gasteiger partial charge in [0.1, 0.15) is 18.8 Å². The molecule has 2 aliphatic heterocycles. The highest BCUT2D eigenvalue weighted by atomic mass is 79.9. The Morgan fingerprint density at radius 1 is 1.21 bits per heavy atom. The fourth-order valence-corrected chi connectivity index (χ4v) is 4.91. The zero-order valence-electron chi connectivity index (χ0n) is 15.8. The first-order valence-corrected chi connectivity index (χ1v) is 11.2. The van der Waals surface area contributed by atoms with Crippen LogP contribution in [0.15, 0.2) is 51.8 Å². The number of ether oxygens (including phenoxy) is 1. The lowest BCUT2D eigenvalue weighted by atomic mass is 10.00. The van der Waals surface area contributed by atoms with Gasteiger partial charge in [-0.2, -0.15) is 0 Å². The molecule has 1 aromatic heterocycles. The maximum absolute atomic E-state index is 12.9. The molecule has 3 heterocycles. The molecule has 4 rings (SSSR count). The number of ketones is 1. The summed E-state index contributed by atoms with van der Waals surface area (Å²) >= 11 is 4.86. The van der Waals surface area contributed by atoms with E-state index in [4.69, 9.17) is 4.74 Å². The van der Waals surface area contributed by atoms with Crippen molar-refractivity contribution in [3.8, 4) is 0 Å². The zero-order chi connectivity index (χ0) is 20.4. The summed E-state index contributed by atoms with van der Waals surface area (Å²) in [7, 11) is 0. The minimum atomic E-state index is -0.624. The average molecular weight is 478 g/mol. The number of benzene rings is 1. The van der Waals surface area contributed by atoms with Gasteiger partial charge in [-0.3, -0.25) is 9.59 Å². The van der Waals surface area contributed by atoms with Crippen LogP contribution in [0.5, 0.6) is 0 Å². The fourth-order valence-electron chi connectivity index (χ4n) is 3.81. The van der Waals surface area contributed by atoms with E-state index < -0.39 is 17.7 Å². The van der Waals surface area contributed by atoms with Gasteiger partial charge in [0.15, 0.2) is 0 Å². The highest BCUT2D eigenvalue weighted by Crippen LogP contribution is 2.40. The van der Waals surface area contributed by atoms with Gasteiger partial charge in [-0.15, -0.1) is 11.3 Å². The highest BCUT2D eigenvalue weighted by molar-refractivity contribution is 9.10. The van der Waals surface area contributed by atoms with Crippen molar-refractivity contribution >= 4 is 44.7 Å². The number of aliphatic hydroxyl groups excluding tert-OH is 1. The maximum Gasteiger partial charge on any atom is 0.295 e. The van der Waals surface area contributed by atoms with Gasteiger partial charge >= 0.3 is 0 Å². The van der Waals surface area contributed by atoms with Crippen molar-refractivity contribution in [3.63, 3.8) is 0 Å². The molecule has 0 spiro atoms. The summed E-state index contributed by atoms with van der Waals surface area (Å²) in [6.45, 7) is 4.42. The lowest BCUT2D eigenvalue weighted by molar-refractivity contribution is -0.907. The topological polar surface area (TPSA) is 71.3 Å². The SMILES string of the molecule is O=C1C(=O)N(CC[NH+]2CCOCC2)[C@@H](c2cccs2)C1=C(O)c1ccc(Br)cc1. The van der Waals surface area contributed by atoms with Crippen molar-refractivity contribution in [2.45, 2.75) is 6.04 Å². The number of likely N-dealkylation sites (tertiary alicyclic amines) is 1. The van der Waals surface area contributed by atoms with E-state index in [1.54, 1.807) is 29.2 Å². The minimum Gasteiger partial charge on any atom is -0.507 e. The lowest BCUT2D eigenvalue weighted by Crippen LogP contribution is -3.14. The van der Waals surface area contributed by atoms with Crippen molar-refractivity contribution in [2.75, 3.05) is 39.4 Å². The molecular formula is C21H22BrN2O4S+. The normalized spacial score (nSPS) is 22.4. The molecule has 2 N–H and O–H groups in total. The van der Waals surface area contributed by atoms with Gasteiger partial charge in [0, 0.05) is 14.9 Å². The Labute approximate surface area is 181 Å². The number of Topliss-reactive ketones (excluding diaryl/α,β-unsaturated/α-hetero) is 1. The number of thiophene rings is 1. The Kier molecular flexibility index (Phi) is 6.15. The number of carbonyl (C=O) groups excluding carboxylic acids is 2. The minimum absolute atomic E-state index is 0.129.